The van der Waals surface area contributed by atoms with E-state index in [4.69, 9.17) is 4.74 Å². The zero-order valence-electron chi connectivity index (χ0n) is 19.5. The van der Waals surface area contributed by atoms with Gasteiger partial charge < -0.3 is 9.64 Å². The quantitative estimate of drug-likeness (QED) is 0.580. The minimum absolute atomic E-state index is 0.0336. The molecule has 1 fully saturated rings. The van der Waals surface area contributed by atoms with Crippen LogP contribution < -0.4 is 4.74 Å². The van der Waals surface area contributed by atoms with E-state index in [0.717, 1.165) is 24.2 Å². The van der Waals surface area contributed by atoms with Crippen LogP contribution in [0, 0.1) is 0 Å². The van der Waals surface area contributed by atoms with Crippen LogP contribution in [0.5, 0.6) is 5.75 Å². The molecule has 0 spiro atoms. The molecular weight excluding hydrogens is 424 g/mol. The second-order valence-corrected chi connectivity index (χ2v) is 11.1. The van der Waals surface area contributed by atoms with Crippen molar-refractivity contribution in [1.29, 1.82) is 0 Å². The molecule has 0 aromatic heterocycles. The Morgan fingerprint density at radius 1 is 0.938 bits per heavy atom. The smallest absolute Gasteiger partial charge is 0.253 e. The van der Waals surface area contributed by atoms with Gasteiger partial charge in [0.15, 0.2) is 0 Å². The topological polar surface area (TPSA) is 66.9 Å². The van der Waals surface area contributed by atoms with E-state index in [1.54, 1.807) is 29.2 Å². The van der Waals surface area contributed by atoms with E-state index in [-0.39, 0.29) is 24.4 Å². The van der Waals surface area contributed by atoms with Gasteiger partial charge in [0, 0.05) is 31.7 Å². The van der Waals surface area contributed by atoms with Crippen LogP contribution in [-0.4, -0.2) is 56.3 Å². The van der Waals surface area contributed by atoms with Crippen molar-refractivity contribution in [2.24, 2.45) is 0 Å². The van der Waals surface area contributed by atoms with E-state index in [2.05, 4.69) is 27.7 Å². The Morgan fingerprint density at radius 3 is 2.06 bits per heavy atom. The van der Waals surface area contributed by atoms with Crippen molar-refractivity contribution < 1.29 is 17.9 Å². The first-order chi connectivity index (χ1) is 15.1. The second-order valence-electron chi connectivity index (χ2n) is 9.20. The summed E-state index contributed by atoms with van der Waals surface area (Å²) in [5, 5.41) is 0. The summed E-state index contributed by atoms with van der Waals surface area (Å²) in [5.41, 5.74) is 1.64. The van der Waals surface area contributed by atoms with Crippen molar-refractivity contribution in [1.82, 2.24) is 9.21 Å². The van der Waals surface area contributed by atoms with Crippen LogP contribution in [0.1, 0.15) is 56.5 Å². The third-order valence-corrected chi connectivity index (χ3v) is 7.66. The Kier molecular flexibility index (Phi) is 7.62. The van der Waals surface area contributed by atoms with Gasteiger partial charge in [0.25, 0.3) is 5.91 Å². The predicted molar refractivity (Wildman–Crippen MR) is 127 cm³/mol. The molecule has 174 valence electrons. The number of hydrogen-bond donors (Lipinski definition) is 0. The predicted octanol–water partition coefficient (Wildman–Crippen LogP) is 4.31. The van der Waals surface area contributed by atoms with Gasteiger partial charge in [0.2, 0.25) is 10.0 Å². The SMILES string of the molecule is CCCCOc1ccc(C(=O)N2CCN(S(=O)(=O)c3ccc(C(C)(C)C)cc3)CC2)cc1. The molecule has 0 bridgehead atoms. The molecule has 0 radical (unpaired) electrons. The number of unbranched alkanes of at least 4 members (excludes halogenated alkanes) is 1. The molecule has 0 saturated carbocycles. The van der Waals surface area contributed by atoms with E-state index in [1.165, 1.54) is 4.31 Å². The van der Waals surface area contributed by atoms with Gasteiger partial charge in [-0.3, -0.25) is 4.79 Å². The highest BCUT2D eigenvalue weighted by molar-refractivity contribution is 7.89. The number of hydrogen-bond acceptors (Lipinski definition) is 4. The zero-order valence-corrected chi connectivity index (χ0v) is 20.3. The fourth-order valence-electron chi connectivity index (χ4n) is 3.62. The van der Waals surface area contributed by atoms with Gasteiger partial charge in [-0.05, 0) is 53.8 Å². The Balaban J connectivity index is 1.59. The summed E-state index contributed by atoms with van der Waals surface area (Å²) in [6, 6.07) is 14.3. The summed E-state index contributed by atoms with van der Waals surface area (Å²) >= 11 is 0. The van der Waals surface area contributed by atoms with Crippen LogP contribution in [0.4, 0.5) is 0 Å². The lowest BCUT2D eigenvalue weighted by molar-refractivity contribution is 0.0698. The molecule has 0 atom stereocenters. The lowest BCUT2D eigenvalue weighted by Crippen LogP contribution is -2.50. The fourth-order valence-corrected chi connectivity index (χ4v) is 5.04. The molecule has 1 amide bonds. The van der Waals surface area contributed by atoms with Crippen molar-refractivity contribution in [3.63, 3.8) is 0 Å². The number of benzene rings is 2. The van der Waals surface area contributed by atoms with Crippen LogP contribution >= 0.6 is 0 Å². The molecule has 7 heteroatoms. The van der Waals surface area contributed by atoms with Crippen molar-refractivity contribution >= 4 is 15.9 Å². The summed E-state index contributed by atoms with van der Waals surface area (Å²) in [4.78, 5) is 14.9. The lowest BCUT2D eigenvalue weighted by Gasteiger charge is -2.34. The van der Waals surface area contributed by atoms with Crippen molar-refractivity contribution in [2.75, 3.05) is 32.8 Å². The summed E-state index contributed by atoms with van der Waals surface area (Å²) < 4.78 is 33.2. The van der Waals surface area contributed by atoms with Gasteiger partial charge in [-0.15, -0.1) is 0 Å². The number of carbonyl (C=O) groups excluding carboxylic acids is 1. The number of carbonyl (C=O) groups is 1. The van der Waals surface area contributed by atoms with Crippen molar-refractivity contribution in [3.05, 3.63) is 59.7 Å². The fraction of sp³-hybridized carbons (Fsp3) is 0.480. The van der Waals surface area contributed by atoms with Gasteiger partial charge >= 0.3 is 0 Å². The molecule has 3 rings (SSSR count). The number of amides is 1. The molecule has 2 aromatic rings. The van der Waals surface area contributed by atoms with Gasteiger partial charge in [-0.2, -0.15) is 4.31 Å². The molecular formula is C25H34N2O4S. The summed E-state index contributed by atoms with van der Waals surface area (Å²) in [6.45, 7) is 10.4. The average molecular weight is 459 g/mol. The molecule has 1 aliphatic heterocycles. The zero-order chi connectivity index (χ0) is 23.4. The summed E-state index contributed by atoms with van der Waals surface area (Å²) in [7, 11) is -3.58. The highest BCUT2D eigenvalue weighted by atomic mass is 32.2. The largest absolute Gasteiger partial charge is 0.494 e. The maximum absolute atomic E-state index is 13.0. The highest BCUT2D eigenvalue weighted by Gasteiger charge is 2.30. The van der Waals surface area contributed by atoms with Gasteiger partial charge in [0.05, 0.1) is 11.5 Å². The number of ether oxygens (including phenoxy) is 1. The Morgan fingerprint density at radius 2 is 1.53 bits per heavy atom. The molecule has 0 aliphatic carbocycles. The first kappa shape index (κ1) is 24.3. The molecule has 6 nitrogen and oxygen atoms in total. The van der Waals surface area contributed by atoms with Crippen LogP contribution in [0.25, 0.3) is 0 Å². The Hall–Kier alpha value is -2.38. The van der Waals surface area contributed by atoms with Crippen LogP contribution in [0.15, 0.2) is 53.4 Å². The number of piperazine rings is 1. The minimum Gasteiger partial charge on any atom is -0.494 e. The number of rotatable bonds is 7. The maximum Gasteiger partial charge on any atom is 0.253 e. The van der Waals surface area contributed by atoms with Gasteiger partial charge in [0.1, 0.15) is 5.75 Å². The normalized spacial score (nSPS) is 15.6. The van der Waals surface area contributed by atoms with Crippen LogP contribution in [-0.2, 0) is 15.4 Å². The van der Waals surface area contributed by atoms with Crippen LogP contribution in [0.3, 0.4) is 0 Å². The number of sulfonamides is 1. The standard InChI is InChI=1S/C25H34N2O4S/c1-5-6-19-31-22-11-7-20(8-12-22)24(28)26-15-17-27(18-16-26)32(29,30)23-13-9-21(10-14-23)25(2,3)4/h7-14H,5-6,15-19H2,1-4H3. The second kappa shape index (κ2) is 10.0. The van der Waals surface area contributed by atoms with E-state index in [0.29, 0.717) is 30.2 Å². The molecule has 2 aromatic carbocycles. The first-order valence-electron chi connectivity index (χ1n) is 11.3. The van der Waals surface area contributed by atoms with Gasteiger partial charge in [-0.25, -0.2) is 8.42 Å². The summed E-state index contributed by atoms with van der Waals surface area (Å²) in [5.74, 6) is 0.667. The summed E-state index contributed by atoms with van der Waals surface area (Å²) in [6.07, 6.45) is 2.06. The molecule has 0 unspecified atom stereocenters. The van der Waals surface area contributed by atoms with Crippen molar-refractivity contribution in [3.8, 4) is 5.75 Å². The molecule has 32 heavy (non-hydrogen) atoms. The molecule has 1 heterocycles. The minimum atomic E-state index is -3.58. The molecule has 1 aliphatic rings. The van der Waals surface area contributed by atoms with Crippen LogP contribution in [0.2, 0.25) is 0 Å². The monoisotopic (exact) mass is 458 g/mol. The van der Waals surface area contributed by atoms with E-state index >= 15 is 0 Å². The third-order valence-electron chi connectivity index (χ3n) is 5.75. The van der Waals surface area contributed by atoms with E-state index in [1.807, 2.05) is 24.3 Å². The Bertz CT molecular complexity index is 1000. The first-order valence-corrected chi connectivity index (χ1v) is 12.7. The van der Waals surface area contributed by atoms with Crippen molar-refractivity contribution in [2.45, 2.75) is 50.8 Å². The third kappa shape index (κ3) is 5.70. The van der Waals surface area contributed by atoms with E-state index in [9.17, 15) is 13.2 Å². The average Bonchev–Trinajstić information content (AvgIpc) is 2.79. The van der Waals surface area contributed by atoms with Gasteiger partial charge in [-0.1, -0.05) is 46.2 Å². The highest BCUT2D eigenvalue weighted by Crippen LogP contribution is 2.25. The molecule has 0 N–H and O–H groups in total. The molecule has 1 saturated heterocycles. The Labute approximate surface area is 192 Å². The lowest BCUT2D eigenvalue weighted by atomic mass is 9.87. The maximum atomic E-state index is 13.0. The number of nitrogens with zero attached hydrogens (tertiary/aromatic N) is 2. The van der Waals surface area contributed by atoms with E-state index < -0.39 is 10.0 Å².